The molecule has 5 heteroatoms. The van der Waals surface area contributed by atoms with Gasteiger partial charge in [-0.2, -0.15) is 0 Å². The maximum atomic E-state index is 12.0. The molecule has 0 aromatic carbocycles. The fourth-order valence-electron chi connectivity index (χ4n) is 4.54. The van der Waals surface area contributed by atoms with E-state index < -0.39 is 20.9 Å². The highest BCUT2D eigenvalue weighted by Crippen LogP contribution is 2.55. The first-order chi connectivity index (χ1) is 9.06. The van der Waals surface area contributed by atoms with Crippen molar-refractivity contribution in [2.24, 2.45) is 22.5 Å². The van der Waals surface area contributed by atoms with Crippen molar-refractivity contribution >= 4 is 9.84 Å². The van der Waals surface area contributed by atoms with Crippen molar-refractivity contribution in [3.05, 3.63) is 0 Å². The highest BCUT2D eigenvalue weighted by Gasteiger charge is 2.60. The number of hydrogen-bond donors (Lipinski definition) is 2. The Morgan fingerprint density at radius 2 is 1.90 bits per heavy atom. The third-order valence-corrected chi connectivity index (χ3v) is 7.44. The smallest absolute Gasteiger partial charge is 0.151 e. The molecule has 3 unspecified atom stereocenters. The lowest BCUT2D eigenvalue weighted by Crippen LogP contribution is -2.61. The molecule has 1 saturated heterocycles. The molecule has 118 valence electrons. The molecule has 2 aliphatic rings. The molecule has 0 bridgehead atoms. The Labute approximate surface area is 123 Å². The van der Waals surface area contributed by atoms with Crippen molar-refractivity contribution < 1.29 is 13.5 Å². The predicted octanol–water partition coefficient (Wildman–Crippen LogP) is 1.72. The molecular formula is C15H29NO3S. The van der Waals surface area contributed by atoms with Gasteiger partial charge < -0.3 is 10.8 Å². The van der Waals surface area contributed by atoms with Crippen molar-refractivity contribution in [2.75, 3.05) is 18.1 Å². The van der Waals surface area contributed by atoms with Crippen LogP contribution in [0.25, 0.3) is 0 Å². The van der Waals surface area contributed by atoms with E-state index >= 15 is 0 Å². The van der Waals surface area contributed by atoms with E-state index in [-0.39, 0.29) is 29.4 Å². The van der Waals surface area contributed by atoms with Gasteiger partial charge in [0, 0.05) is 12.0 Å². The minimum Gasteiger partial charge on any atom is -0.389 e. The lowest BCUT2D eigenvalue weighted by molar-refractivity contribution is -0.163. The molecule has 4 nitrogen and oxygen atoms in total. The lowest BCUT2D eigenvalue weighted by Gasteiger charge is -2.55. The fraction of sp³-hybridized carbons (Fsp3) is 1.00. The van der Waals surface area contributed by atoms with Crippen LogP contribution in [0.15, 0.2) is 0 Å². The van der Waals surface area contributed by atoms with E-state index in [9.17, 15) is 13.5 Å². The van der Waals surface area contributed by atoms with Gasteiger partial charge in [-0.05, 0) is 30.6 Å². The Morgan fingerprint density at radius 1 is 1.25 bits per heavy atom. The predicted molar refractivity (Wildman–Crippen MR) is 81.1 cm³/mol. The molecule has 3 atom stereocenters. The maximum Gasteiger partial charge on any atom is 0.151 e. The topological polar surface area (TPSA) is 80.4 Å². The molecule has 1 saturated carbocycles. The highest BCUT2D eigenvalue weighted by molar-refractivity contribution is 7.91. The largest absolute Gasteiger partial charge is 0.389 e. The van der Waals surface area contributed by atoms with Gasteiger partial charge in [0.25, 0.3) is 0 Å². The maximum absolute atomic E-state index is 12.0. The summed E-state index contributed by atoms with van der Waals surface area (Å²) in [4.78, 5) is 0. The van der Waals surface area contributed by atoms with Crippen molar-refractivity contribution in [3.8, 4) is 0 Å². The molecule has 3 N–H and O–H groups in total. The first kappa shape index (κ1) is 16.2. The molecule has 1 heterocycles. The average molecular weight is 303 g/mol. The van der Waals surface area contributed by atoms with Crippen LogP contribution in [-0.2, 0) is 9.84 Å². The third-order valence-electron chi connectivity index (χ3n) is 5.62. The van der Waals surface area contributed by atoms with Gasteiger partial charge in [0.15, 0.2) is 9.84 Å². The fourth-order valence-corrected chi connectivity index (χ4v) is 6.74. The SMILES string of the molecule is CC(C)(C)C1CCCCC1(O)C1(CN)CCS(=O)(=O)C1. The third kappa shape index (κ3) is 2.53. The molecule has 2 fully saturated rings. The zero-order valence-corrected chi connectivity index (χ0v) is 13.8. The van der Waals surface area contributed by atoms with Crippen molar-refractivity contribution in [1.82, 2.24) is 0 Å². The molecule has 0 aromatic rings. The first-order valence-corrected chi connectivity index (χ1v) is 9.51. The van der Waals surface area contributed by atoms with Crippen LogP contribution in [-0.4, -0.2) is 37.2 Å². The first-order valence-electron chi connectivity index (χ1n) is 7.69. The van der Waals surface area contributed by atoms with E-state index in [1.54, 1.807) is 0 Å². The average Bonchev–Trinajstić information content (AvgIpc) is 2.66. The molecule has 0 aromatic heterocycles. The minimum absolute atomic E-state index is 0.0380. The van der Waals surface area contributed by atoms with E-state index in [0.717, 1.165) is 19.3 Å². The molecule has 0 amide bonds. The minimum atomic E-state index is -3.06. The monoisotopic (exact) mass is 303 g/mol. The van der Waals surface area contributed by atoms with Crippen LogP contribution in [0.5, 0.6) is 0 Å². The van der Waals surface area contributed by atoms with Gasteiger partial charge in [-0.25, -0.2) is 8.42 Å². The molecule has 0 radical (unpaired) electrons. The van der Waals surface area contributed by atoms with Crippen molar-refractivity contribution in [2.45, 2.75) is 58.5 Å². The summed E-state index contributed by atoms with van der Waals surface area (Å²) >= 11 is 0. The van der Waals surface area contributed by atoms with Crippen LogP contribution in [0, 0.1) is 16.7 Å². The summed E-state index contributed by atoms with van der Waals surface area (Å²) in [6, 6.07) is 0. The molecule has 1 aliphatic heterocycles. The van der Waals surface area contributed by atoms with Crippen LogP contribution in [0.4, 0.5) is 0 Å². The summed E-state index contributed by atoms with van der Waals surface area (Å²) in [5.41, 5.74) is 4.36. The zero-order chi connectivity index (χ0) is 15.2. The van der Waals surface area contributed by atoms with Crippen molar-refractivity contribution in [1.29, 1.82) is 0 Å². The Kier molecular flexibility index (Phi) is 4.03. The molecular weight excluding hydrogens is 274 g/mol. The van der Waals surface area contributed by atoms with Gasteiger partial charge in [0.1, 0.15) is 0 Å². The van der Waals surface area contributed by atoms with Gasteiger partial charge in [-0.15, -0.1) is 0 Å². The summed E-state index contributed by atoms with van der Waals surface area (Å²) in [7, 11) is -3.06. The summed E-state index contributed by atoms with van der Waals surface area (Å²) in [6.45, 7) is 6.68. The Hall–Kier alpha value is -0.130. The van der Waals surface area contributed by atoms with E-state index in [1.807, 2.05) is 0 Å². The van der Waals surface area contributed by atoms with Gasteiger partial charge in [-0.3, -0.25) is 0 Å². The Bertz CT molecular complexity index is 468. The number of rotatable bonds is 2. The summed E-state index contributed by atoms with van der Waals surface area (Å²) in [5.74, 6) is 0.337. The van der Waals surface area contributed by atoms with E-state index in [1.165, 1.54) is 0 Å². The summed E-state index contributed by atoms with van der Waals surface area (Å²) < 4.78 is 24.0. The van der Waals surface area contributed by atoms with Crippen LogP contribution in [0.3, 0.4) is 0 Å². The normalized spacial score (nSPS) is 41.8. The van der Waals surface area contributed by atoms with Gasteiger partial charge >= 0.3 is 0 Å². The molecule has 2 rings (SSSR count). The van der Waals surface area contributed by atoms with E-state index in [4.69, 9.17) is 5.73 Å². The lowest BCUT2D eigenvalue weighted by atomic mass is 9.54. The number of nitrogens with two attached hydrogens (primary N) is 1. The summed E-state index contributed by atoms with van der Waals surface area (Å²) in [5, 5.41) is 11.5. The molecule has 20 heavy (non-hydrogen) atoms. The van der Waals surface area contributed by atoms with Gasteiger partial charge in [0.05, 0.1) is 17.1 Å². The number of hydrogen-bond acceptors (Lipinski definition) is 4. The second-order valence-electron chi connectivity index (χ2n) is 7.92. The van der Waals surface area contributed by atoms with E-state index in [0.29, 0.717) is 12.8 Å². The second kappa shape index (κ2) is 4.96. The highest BCUT2D eigenvalue weighted by atomic mass is 32.2. The number of sulfone groups is 1. The number of aliphatic hydroxyl groups is 1. The van der Waals surface area contributed by atoms with Crippen LogP contribution in [0.2, 0.25) is 0 Å². The van der Waals surface area contributed by atoms with Crippen molar-refractivity contribution in [3.63, 3.8) is 0 Å². The zero-order valence-electron chi connectivity index (χ0n) is 13.0. The van der Waals surface area contributed by atoms with Crippen LogP contribution < -0.4 is 5.73 Å². The second-order valence-corrected chi connectivity index (χ2v) is 10.1. The quantitative estimate of drug-likeness (QED) is 0.814. The van der Waals surface area contributed by atoms with Crippen LogP contribution >= 0.6 is 0 Å². The Balaban J connectivity index is 2.44. The standard InChI is InChI=1S/C15H29NO3S/c1-13(2,3)12-6-4-5-7-15(12,17)14(10-16)8-9-20(18,19)11-14/h12,17H,4-11,16H2,1-3H3. The van der Waals surface area contributed by atoms with E-state index in [2.05, 4.69) is 20.8 Å². The van der Waals surface area contributed by atoms with Gasteiger partial charge in [0.2, 0.25) is 0 Å². The van der Waals surface area contributed by atoms with Gasteiger partial charge in [-0.1, -0.05) is 33.6 Å². The molecule has 1 aliphatic carbocycles. The van der Waals surface area contributed by atoms with Crippen LogP contribution in [0.1, 0.15) is 52.9 Å². The Morgan fingerprint density at radius 3 is 2.35 bits per heavy atom. The molecule has 0 spiro atoms. The summed E-state index contributed by atoms with van der Waals surface area (Å²) in [6.07, 6.45) is 4.22.